The van der Waals surface area contributed by atoms with E-state index < -0.39 is 0 Å². The zero-order chi connectivity index (χ0) is 13.8. The van der Waals surface area contributed by atoms with Gasteiger partial charge in [-0.15, -0.1) is 0 Å². The maximum Gasteiger partial charge on any atom is 0.0580 e. The van der Waals surface area contributed by atoms with Gasteiger partial charge in [-0.3, -0.25) is 0 Å². The van der Waals surface area contributed by atoms with Crippen molar-refractivity contribution in [1.29, 1.82) is 0 Å². The summed E-state index contributed by atoms with van der Waals surface area (Å²) in [6.07, 6.45) is 7.26. The fourth-order valence-corrected chi connectivity index (χ4v) is 3.91. The first-order valence-corrected chi connectivity index (χ1v) is 8.28. The summed E-state index contributed by atoms with van der Waals surface area (Å²) in [5.41, 5.74) is 1.50. The summed E-state index contributed by atoms with van der Waals surface area (Å²) < 4.78 is 0. The van der Waals surface area contributed by atoms with E-state index in [0.717, 1.165) is 18.9 Å². The molecule has 0 bridgehead atoms. The van der Waals surface area contributed by atoms with Crippen LogP contribution in [0.5, 0.6) is 0 Å². The highest BCUT2D eigenvalue weighted by Gasteiger charge is 2.27. The Morgan fingerprint density at radius 3 is 2.35 bits per heavy atom. The molecule has 0 aromatic heterocycles. The van der Waals surface area contributed by atoms with E-state index in [9.17, 15) is 5.11 Å². The van der Waals surface area contributed by atoms with E-state index in [1.807, 2.05) is 0 Å². The summed E-state index contributed by atoms with van der Waals surface area (Å²) in [6.45, 7) is 3.51. The van der Waals surface area contributed by atoms with Crippen molar-refractivity contribution >= 4 is 0 Å². The van der Waals surface area contributed by atoms with E-state index >= 15 is 0 Å². The van der Waals surface area contributed by atoms with Crippen LogP contribution in [0.4, 0.5) is 0 Å². The first-order valence-electron chi connectivity index (χ1n) is 8.28. The monoisotopic (exact) mass is 273 g/mol. The lowest BCUT2D eigenvalue weighted by molar-refractivity contribution is 0.0410. The Kier molecular flexibility index (Phi) is 4.74. The van der Waals surface area contributed by atoms with E-state index in [1.165, 1.54) is 50.8 Å². The van der Waals surface area contributed by atoms with Gasteiger partial charge >= 0.3 is 0 Å². The smallest absolute Gasteiger partial charge is 0.0580 e. The van der Waals surface area contributed by atoms with E-state index in [0.29, 0.717) is 5.92 Å². The highest BCUT2D eigenvalue weighted by Crippen LogP contribution is 2.30. The molecule has 1 saturated carbocycles. The number of hydrogen-bond donors (Lipinski definition) is 1. The largest absolute Gasteiger partial charge is 0.393 e. The average Bonchev–Trinajstić information content (AvgIpc) is 2.51. The molecular weight excluding hydrogens is 246 g/mol. The molecule has 110 valence electrons. The van der Waals surface area contributed by atoms with Crippen LogP contribution >= 0.6 is 0 Å². The second-order valence-electron chi connectivity index (χ2n) is 6.60. The predicted octanol–water partition coefficient (Wildman–Crippen LogP) is 3.42. The number of rotatable bonds is 3. The molecule has 2 heteroatoms. The van der Waals surface area contributed by atoms with Gasteiger partial charge in [0.25, 0.3) is 0 Å². The van der Waals surface area contributed by atoms with Crippen LogP contribution in [-0.4, -0.2) is 35.7 Å². The molecule has 2 aliphatic rings. The molecule has 0 unspecified atom stereocenters. The molecule has 1 saturated heterocycles. The topological polar surface area (TPSA) is 23.5 Å². The summed E-state index contributed by atoms with van der Waals surface area (Å²) in [4.78, 5) is 2.58. The Morgan fingerprint density at radius 1 is 0.950 bits per heavy atom. The SMILES string of the molecule is O[C@@H]1CCCC[C@H]1CN1CCC(c2ccccc2)CC1. The number of piperidine rings is 1. The van der Waals surface area contributed by atoms with Gasteiger partial charge in [-0.05, 0) is 56.2 Å². The van der Waals surface area contributed by atoms with Gasteiger partial charge in [-0.1, -0.05) is 43.2 Å². The van der Waals surface area contributed by atoms with Crippen molar-refractivity contribution in [3.8, 4) is 0 Å². The minimum absolute atomic E-state index is 0.0457. The summed E-state index contributed by atoms with van der Waals surface area (Å²) in [5, 5.41) is 10.1. The predicted molar refractivity (Wildman–Crippen MR) is 82.8 cm³/mol. The van der Waals surface area contributed by atoms with Gasteiger partial charge in [0, 0.05) is 6.54 Å². The van der Waals surface area contributed by atoms with Crippen LogP contribution in [0.1, 0.15) is 50.0 Å². The Bertz CT molecular complexity index is 397. The third-order valence-electron chi connectivity index (χ3n) is 5.22. The lowest BCUT2D eigenvalue weighted by Crippen LogP contribution is -2.40. The lowest BCUT2D eigenvalue weighted by Gasteiger charge is -2.37. The van der Waals surface area contributed by atoms with Gasteiger partial charge in [0.2, 0.25) is 0 Å². The van der Waals surface area contributed by atoms with Gasteiger partial charge in [-0.25, -0.2) is 0 Å². The zero-order valence-corrected chi connectivity index (χ0v) is 12.4. The summed E-state index contributed by atoms with van der Waals surface area (Å²) >= 11 is 0. The molecule has 0 spiro atoms. The summed E-state index contributed by atoms with van der Waals surface area (Å²) in [6, 6.07) is 10.9. The molecule has 1 heterocycles. The highest BCUT2D eigenvalue weighted by molar-refractivity contribution is 5.20. The highest BCUT2D eigenvalue weighted by atomic mass is 16.3. The zero-order valence-electron chi connectivity index (χ0n) is 12.4. The molecule has 2 nitrogen and oxygen atoms in total. The van der Waals surface area contributed by atoms with Crippen molar-refractivity contribution in [3.63, 3.8) is 0 Å². The third-order valence-corrected chi connectivity index (χ3v) is 5.22. The first-order chi connectivity index (χ1) is 9.83. The van der Waals surface area contributed by atoms with Crippen LogP contribution in [0.3, 0.4) is 0 Å². The van der Waals surface area contributed by atoms with Crippen LogP contribution in [0.25, 0.3) is 0 Å². The summed E-state index contributed by atoms with van der Waals surface area (Å²) in [5.74, 6) is 1.26. The molecule has 2 atom stereocenters. The van der Waals surface area contributed by atoms with E-state index in [4.69, 9.17) is 0 Å². The van der Waals surface area contributed by atoms with Gasteiger partial charge in [0.05, 0.1) is 6.10 Å². The van der Waals surface area contributed by atoms with Crippen LogP contribution in [0.15, 0.2) is 30.3 Å². The van der Waals surface area contributed by atoms with Gasteiger partial charge < -0.3 is 10.0 Å². The van der Waals surface area contributed by atoms with Gasteiger partial charge in [0.15, 0.2) is 0 Å². The molecule has 1 aliphatic carbocycles. The fourth-order valence-electron chi connectivity index (χ4n) is 3.91. The molecule has 1 aromatic rings. The maximum atomic E-state index is 10.1. The first kappa shape index (κ1) is 14.1. The van der Waals surface area contributed by atoms with E-state index in [-0.39, 0.29) is 6.10 Å². The summed E-state index contributed by atoms with van der Waals surface area (Å²) in [7, 11) is 0. The van der Waals surface area contributed by atoms with Gasteiger partial charge in [0.1, 0.15) is 0 Å². The Hall–Kier alpha value is -0.860. The second-order valence-corrected chi connectivity index (χ2v) is 6.60. The van der Waals surface area contributed by atoms with Crippen LogP contribution in [0.2, 0.25) is 0 Å². The molecule has 0 radical (unpaired) electrons. The van der Waals surface area contributed by atoms with Gasteiger partial charge in [-0.2, -0.15) is 0 Å². The number of aliphatic hydroxyl groups excluding tert-OH is 1. The molecule has 1 aromatic carbocycles. The van der Waals surface area contributed by atoms with Crippen molar-refractivity contribution < 1.29 is 5.11 Å². The second kappa shape index (κ2) is 6.73. The minimum atomic E-state index is -0.0457. The average molecular weight is 273 g/mol. The Morgan fingerprint density at radius 2 is 1.65 bits per heavy atom. The third kappa shape index (κ3) is 3.42. The Balaban J connectivity index is 1.49. The molecule has 0 amide bonds. The molecule has 3 rings (SSSR count). The number of benzene rings is 1. The van der Waals surface area contributed by atoms with E-state index in [2.05, 4.69) is 35.2 Å². The lowest BCUT2D eigenvalue weighted by atomic mass is 9.84. The minimum Gasteiger partial charge on any atom is -0.393 e. The molecular formula is C18H27NO. The molecule has 1 aliphatic heterocycles. The fraction of sp³-hybridized carbons (Fsp3) is 0.667. The van der Waals surface area contributed by atoms with Crippen molar-refractivity contribution in [3.05, 3.63) is 35.9 Å². The number of hydrogen-bond acceptors (Lipinski definition) is 2. The van der Waals surface area contributed by atoms with Crippen molar-refractivity contribution in [2.45, 2.75) is 50.5 Å². The Labute approximate surface area is 122 Å². The van der Waals surface area contributed by atoms with Crippen molar-refractivity contribution in [2.75, 3.05) is 19.6 Å². The molecule has 2 fully saturated rings. The molecule has 20 heavy (non-hydrogen) atoms. The number of aliphatic hydroxyl groups is 1. The van der Waals surface area contributed by atoms with Crippen molar-refractivity contribution in [2.24, 2.45) is 5.92 Å². The van der Waals surface area contributed by atoms with Crippen LogP contribution in [-0.2, 0) is 0 Å². The van der Waals surface area contributed by atoms with Crippen molar-refractivity contribution in [1.82, 2.24) is 4.90 Å². The van der Waals surface area contributed by atoms with Crippen LogP contribution in [0, 0.1) is 5.92 Å². The van der Waals surface area contributed by atoms with Crippen LogP contribution < -0.4 is 0 Å². The number of nitrogens with zero attached hydrogens (tertiary/aromatic N) is 1. The molecule has 1 N–H and O–H groups in total. The maximum absolute atomic E-state index is 10.1. The standard InChI is InChI=1S/C18H27NO/c20-18-9-5-4-8-17(18)14-19-12-10-16(11-13-19)15-6-2-1-3-7-15/h1-3,6-7,16-18,20H,4-5,8-14H2/t17-,18+/m0/s1. The normalized spacial score (nSPS) is 29.4. The van der Waals surface area contributed by atoms with E-state index in [1.54, 1.807) is 0 Å². The number of likely N-dealkylation sites (tertiary alicyclic amines) is 1. The quantitative estimate of drug-likeness (QED) is 0.912.